The van der Waals surface area contributed by atoms with Crippen LogP contribution >= 0.6 is 11.6 Å². The molecule has 0 aliphatic heterocycles. The molecule has 2 N–H and O–H groups in total. The number of carbonyl (C=O) groups excluding carboxylic acids is 2. The van der Waals surface area contributed by atoms with Gasteiger partial charge in [-0.25, -0.2) is 0 Å². The Morgan fingerprint density at radius 3 is 2.40 bits per heavy atom. The Labute approximate surface area is 153 Å². The van der Waals surface area contributed by atoms with E-state index in [1.807, 2.05) is 24.3 Å². The Kier molecular flexibility index (Phi) is 7.02. The number of anilines is 1. The van der Waals surface area contributed by atoms with Crippen molar-refractivity contribution in [2.45, 2.75) is 39.2 Å². The molecule has 0 aliphatic carbocycles. The van der Waals surface area contributed by atoms with Crippen molar-refractivity contribution in [3.05, 3.63) is 64.7 Å². The predicted octanol–water partition coefficient (Wildman–Crippen LogP) is 4.44. The molecule has 132 valence electrons. The zero-order chi connectivity index (χ0) is 18.2. The minimum atomic E-state index is -0.677. The third kappa shape index (κ3) is 5.61. The highest BCUT2D eigenvalue weighted by Crippen LogP contribution is 2.15. The Balaban J connectivity index is 1.91. The zero-order valence-electron chi connectivity index (χ0n) is 14.5. The van der Waals surface area contributed by atoms with Crippen LogP contribution in [0.5, 0.6) is 0 Å². The van der Waals surface area contributed by atoms with Crippen LogP contribution in [-0.2, 0) is 11.2 Å². The first-order chi connectivity index (χ1) is 12.0. The van der Waals surface area contributed by atoms with Crippen LogP contribution < -0.4 is 10.6 Å². The average molecular weight is 359 g/mol. The summed E-state index contributed by atoms with van der Waals surface area (Å²) in [4.78, 5) is 24.5. The maximum Gasteiger partial charge on any atom is 0.253 e. The predicted molar refractivity (Wildman–Crippen MR) is 102 cm³/mol. The lowest BCUT2D eigenvalue weighted by Crippen LogP contribution is -2.41. The van der Waals surface area contributed by atoms with Gasteiger partial charge in [-0.05, 0) is 49.6 Å². The van der Waals surface area contributed by atoms with Gasteiger partial charge in [-0.3, -0.25) is 9.59 Å². The molecular formula is C20H23ClN2O2. The Morgan fingerprint density at radius 1 is 1.08 bits per heavy atom. The van der Waals surface area contributed by atoms with Crippen LogP contribution in [0.3, 0.4) is 0 Å². The quantitative estimate of drug-likeness (QED) is 0.768. The molecule has 4 nitrogen and oxygen atoms in total. The first kappa shape index (κ1) is 19.0. The van der Waals surface area contributed by atoms with Crippen molar-refractivity contribution in [2.24, 2.45) is 0 Å². The van der Waals surface area contributed by atoms with Gasteiger partial charge in [0.2, 0.25) is 5.91 Å². The van der Waals surface area contributed by atoms with E-state index in [1.165, 1.54) is 5.56 Å². The van der Waals surface area contributed by atoms with Crippen molar-refractivity contribution < 1.29 is 9.59 Å². The average Bonchev–Trinajstić information content (AvgIpc) is 2.61. The molecule has 0 saturated carbocycles. The van der Waals surface area contributed by atoms with Crippen LogP contribution in [0.1, 0.15) is 42.6 Å². The summed E-state index contributed by atoms with van der Waals surface area (Å²) >= 11 is 6.00. The monoisotopic (exact) mass is 358 g/mol. The summed E-state index contributed by atoms with van der Waals surface area (Å²) in [5, 5.41) is 5.83. The fourth-order valence-electron chi connectivity index (χ4n) is 2.37. The number of amides is 2. The number of hydrogen-bond acceptors (Lipinski definition) is 2. The third-order valence-electron chi connectivity index (χ3n) is 3.90. The van der Waals surface area contributed by atoms with Crippen LogP contribution in [0, 0.1) is 0 Å². The van der Waals surface area contributed by atoms with Crippen molar-refractivity contribution in [2.75, 3.05) is 5.32 Å². The topological polar surface area (TPSA) is 58.2 Å². The van der Waals surface area contributed by atoms with Crippen molar-refractivity contribution >= 4 is 29.1 Å². The number of unbranched alkanes of at least 4 members (excludes halogenated alkanes) is 1. The van der Waals surface area contributed by atoms with Gasteiger partial charge in [0.25, 0.3) is 5.91 Å². The smallest absolute Gasteiger partial charge is 0.253 e. The molecule has 0 bridgehead atoms. The van der Waals surface area contributed by atoms with Crippen molar-refractivity contribution in [1.29, 1.82) is 0 Å². The summed E-state index contributed by atoms with van der Waals surface area (Å²) in [5.74, 6) is -0.648. The standard InChI is InChI=1S/C20H23ClN2O2/c1-3-4-7-15-10-12-16(13-11-15)23-19(24)14(2)22-20(25)17-8-5-6-9-18(17)21/h5-6,8-14H,3-4,7H2,1-2H3,(H,22,25)(H,23,24)/t14-/m0/s1. The zero-order valence-corrected chi connectivity index (χ0v) is 15.3. The molecule has 2 aromatic rings. The highest BCUT2D eigenvalue weighted by Gasteiger charge is 2.18. The summed E-state index contributed by atoms with van der Waals surface area (Å²) in [6.45, 7) is 3.80. The number of carbonyl (C=O) groups is 2. The number of aryl methyl sites for hydroxylation is 1. The number of rotatable bonds is 7. The second-order valence-electron chi connectivity index (χ2n) is 5.96. The van der Waals surface area contributed by atoms with Gasteiger partial charge < -0.3 is 10.6 Å². The van der Waals surface area contributed by atoms with Gasteiger partial charge in [0.1, 0.15) is 6.04 Å². The molecule has 5 heteroatoms. The molecular weight excluding hydrogens is 336 g/mol. The summed E-state index contributed by atoms with van der Waals surface area (Å²) in [7, 11) is 0. The Hall–Kier alpha value is -2.33. The second kappa shape index (κ2) is 9.23. The van der Waals surface area contributed by atoms with E-state index in [0.717, 1.165) is 19.3 Å². The third-order valence-corrected chi connectivity index (χ3v) is 4.23. The van der Waals surface area contributed by atoms with Gasteiger partial charge in [0.05, 0.1) is 10.6 Å². The minimum Gasteiger partial charge on any atom is -0.340 e. The van der Waals surface area contributed by atoms with Crippen molar-refractivity contribution in [1.82, 2.24) is 5.32 Å². The van der Waals surface area contributed by atoms with E-state index in [9.17, 15) is 9.59 Å². The molecule has 0 fully saturated rings. The molecule has 0 aliphatic rings. The highest BCUT2D eigenvalue weighted by molar-refractivity contribution is 6.33. The molecule has 0 aromatic heterocycles. The molecule has 2 amide bonds. The molecule has 0 spiro atoms. The lowest BCUT2D eigenvalue weighted by molar-refractivity contribution is -0.117. The summed E-state index contributed by atoms with van der Waals surface area (Å²) in [6, 6.07) is 13.8. The highest BCUT2D eigenvalue weighted by atomic mass is 35.5. The van der Waals surface area contributed by atoms with Crippen LogP contribution in [-0.4, -0.2) is 17.9 Å². The van der Waals surface area contributed by atoms with Gasteiger partial charge in [0.15, 0.2) is 0 Å². The lowest BCUT2D eigenvalue weighted by atomic mass is 10.1. The number of nitrogens with one attached hydrogen (secondary N) is 2. The first-order valence-electron chi connectivity index (χ1n) is 8.46. The van der Waals surface area contributed by atoms with E-state index in [2.05, 4.69) is 17.6 Å². The van der Waals surface area contributed by atoms with Gasteiger partial charge in [0, 0.05) is 5.69 Å². The van der Waals surface area contributed by atoms with Gasteiger partial charge in [-0.2, -0.15) is 0 Å². The minimum absolute atomic E-state index is 0.276. The Morgan fingerprint density at radius 2 is 1.76 bits per heavy atom. The van der Waals surface area contributed by atoms with E-state index >= 15 is 0 Å². The van der Waals surface area contributed by atoms with E-state index in [1.54, 1.807) is 31.2 Å². The molecule has 0 radical (unpaired) electrons. The summed E-state index contributed by atoms with van der Waals surface area (Å²) < 4.78 is 0. The van der Waals surface area contributed by atoms with Crippen LogP contribution in [0.25, 0.3) is 0 Å². The van der Waals surface area contributed by atoms with Crippen LogP contribution in [0.2, 0.25) is 5.02 Å². The number of hydrogen-bond donors (Lipinski definition) is 2. The Bertz CT molecular complexity index is 729. The fourth-order valence-corrected chi connectivity index (χ4v) is 2.59. The van der Waals surface area contributed by atoms with Crippen molar-refractivity contribution in [3.63, 3.8) is 0 Å². The largest absolute Gasteiger partial charge is 0.340 e. The molecule has 2 aromatic carbocycles. The van der Waals surface area contributed by atoms with Crippen molar-refractivity contribution in [3.8, 4) is 0 Å². The second-order valence-corrected chi connectivity index (χ2v) is 6.37. The summed E-state index contributed by atoms with van der Waals surface area (Å²) in [6.07, 6.45) is 3.34. The number of benzene rings is 2. The first-order valence-corrected chi connectivity index (χ1v) is 8.84. The molecule has 0 unspecified atom stereocenters. The fraction of sp³-hybridized carbons (Fsp3) is 0.300. The lowest BCUT2D eigenvalue weighted by Gasteiger charge is -2.15. The number of halogens is 1. The normalized spacial score (nSPS) is 11.6. The molecule has 25 heavy (non-hydrogen) atoms. The van der Waals surface area contributed by atoms with E-state index < -0.39 is 6.04 Å². The molecule has 1 atom stereocenters. The van der Waals surface area contributed by atoms with Gasteiger partial charge in [-0.1, -0.05) is 49.2 Å². The van der Waals surface area contributed by atoms with Crippen LogP contribution in [0.4, 0.5) is 5.69 Å². The van der Waals surface area contributed by atoms with Crippen LogP contribution in [0.15, 0.2) is 48.5 Å². The van der Waals surface area contributed by atoms with E-state index in [0.29, 0.717) is 16.3 Å². The molecule has 0 heterocycles. The van der Waals surface area contributed by atoms with Gasteiger partial charge >= 0.3 is 0 Å². The maximum atomic E-state index is 12.3. The van der Waals surface area contributed by atoms with E-state index in [4.69, 9.17) is 11.6 Å². The molecule has 2 rings (SSSR count). The van der Waals surface area contributed by atoms with E-state index in [-0.39, 0.29) is 11.8 Å². The van der Waals surface area contributed by atoms with Gasteiger partial charge in [-0.15, -0.1) is 0 Å². The summed E-state index contributed by atoms with van der Waals surface area (Å²) in [5.41, 5.74) is 2.31. The maximum absolute atomic E-state index is 12.3. The molecule has 0 saturated heterocycles. The SMILES string of the molecule is CCCCc1ccc(NC(=O)[C@H](C)NC(=O)c2ccccc2Cl)cc1.